The van der Waals surface area contributed by atoms with Gasteiger partial charge in [-0.15, -0.1) is 0 Å². The molecule has 1 aliphatic rings. The van der Waals surface area contributed by atoms with Crippen LogP contribution in [0.3, 0.4) is 0 Å². The van der Waals surface area contributed by atoms with Crippen LogP contribution in [-0.4, -0.2) is 11.1 Å². The molecule has 0 bridgehead atoms. The molecule has 2 atom stereocenters. The third-order valence-corrected chi connectivity index (χ3v) is 2.80. The molecule has 0 saturated carbocycles. The molecule has 0 aromatic carbocycles. The van der Waals surface area contributed by atoms with Crippen LogP contribution in [0.15, 0.2) is 24.3 Å². The summed E-state index contributed by atoms with van der Waals surface area (Å²) < 4.78 is 0. The predicted molar refractivity (Wildman–Crippen MR) is 52.4 cm³/mol. The Morgan fingerprint density at radius 2 is 1.85 bits per heavy atom. The molecule has 0 radical (unpaired) electrons. The molecule has 0 amide bonds. The summed E-state index contributed by atoms with van der Waals surface area (Å²) in [5.74, 6) is -0.338. The van der Waals surface area contributed by atoms with E-state index in [1.54, 1.807) is 13.8 Å². The van der Waals surface area contributed by atoms with Crippen LogP contribution in [0.4, 0.5) is 0 Å². The molecule has 0 aromatic heterocycles. The van der Waals surface area contributed by atoms with Crippen molar-refractivity contribution in [1.82, 2.24) is 0 Å². The predicted octanol–water partition coefficient (Wildman–Crippen LogP) is 2.48. The van der Waals surface area contributed by atoms with Crippen LogP contribution in [0, 0.1) is 17.3 Å². The summed E-state index contributed by atoms with van der Waals surface area (Å²) in [5.41, 5.74) is -0.680. The monoisotopic (exact) mass is 180 g/mol. The van der Waals surface area contributed by atoms with E-state index in [4.69, 9.17) is 5.11 Å². The molecule has 0 fully saturated rings. The summed E-state index contributed by atoms with van der Waals surface area (Å²) in [5, 5.41) is 9.05. The lowest BCUT2D eigenvalue weighted by Crippen LogP contribution is -2.35. The van der Waals surface area contributed by atoms with Gasteiger partial charge in [-0.1, -0.05) is 31.2 Å². The van der Waals surface area contributed by atoms with Crippen molar-refractivity contribution in [3.63, 3.8) is 0 Å². The zero-order valence-electron chi connectivity index (χ0n) is 8.32. The number of aliphatic carboxylic acids is 1. The lowest BCUT2D eigenvalue weighted by Gasteiger charge is -2.32. The van der Waals surface area contributed by atoms with Gasteiger partial charge in [0.25, 0.3) is 0 Å². The average Bonchev–Trinajstić information content (AvgIpc) is 2.04. The molecular weight excluding hydrogens is 164 g/mol. The largest absolute Gasteiger partial charge is 0.481 e. The maximum atomic E-state index is 11.0. The highest BCUT2D eigenvalue weighted by Crippen LogP contribution is 2.36. The number of carboxylic acids is 1. The molecule has 1 rings (SSSR count). The van der Waals surface area contributed by atoms with Gasteiger partial charge in [0.05, 0.1) is 5.41 Å². The highest BCUT2D eigenvalue weighted by atomic mass is 16.4. The van der Waals surface area contributed by atoms with Gasteiger partial charge in [-0.2, -0.15) is 0 Å². The second-order valence-corrected chi connectivity index (χ2v) is 4.18. The van der Waals surface area contributed by atoms with Crippen molar-refractivity contribution >= 4 is 5.97 Å². The first-order chi connectivity index (χ1) is 5.96. The van der Waals surface area contributed by atoms with Crippen molar-refractivity contribution in [2.75, 3.05) is 0 Å². The zero-order chi connectivity index (χ0) is 10.1. The normalized spacial score (nSPS) is 27.6. The Labute approximate surface area is 79.0 Å². The minimum absolute atomic E-state index is 0.0926. The zero-order valence-corrected chi connectivity index (χ0v) is 8.32. The summed E-state index contributed by atoms with van der Waals surface area (Å²) in [6.07, 6.45) is 7.93. The summed E-state index contributed by atoms with van der Waals surface area (Å²) in [6.45, 7) is 5.61. The van der Waals surface area contributed by atoms with E-state index in [1.165, 1.54) is 0 Å². The first kappa shape index (κ1) is 10.0. The highest BCUT2D eigenvalue weighted by molar-refractivity contribution is 5.74. The Balaban J connectivity index is 2.88. The van der Waals surface area contributed by atoms with Gasteiger partial charge in [0, 0.05) is 0 Å². The van der Waals surface area contributed by atoms with Crippen molar-refractivity contribution in [3.8, 4) is 0 Å². The molecule has 0 spiro atoms. The third-order valence-electron chi connectivity index (χ3n) is 2.80. The SMILES string of the molecule is CC1C=CC=CC1C(C)(C)C(=O)O. The molecule has 1 aliphatic carbocycles. The number of rotatable bonds is 2. The smallest absolute Gasteiger partial charge is 0.309 e. The third kappa shape index (κ3) is 1.82. The van der Waals surface area contributed by atoms with Gasteiger partial charge in [-0.05, 0) is 25.7 Å². The van der Waals surface area contributed by atoms with Crippen LogP contribution in [-0.2, 0) is 4.79 Å². The summed E-state index contributed by atoms with van der Waals surface area (Å²) in [7, 11) is 0. The number of carbonyl (C=O) groups is 1. The van der Waals surface area contributed by atoms with E-state index < -0.39 is 11.4 Å². The molecule has 72 valence electrons. The van der Waals surface area contributed by atoms with Gasteiger partial charge in [0.1, 0.15) is 0 Å². The van der Waals surface area contributed by atoms with E-state index in [0.717, 1.165) is 0 Å². The van der Waals surface area contributed by atoms with Crippen molar-refractivity contribution in [2.45, 2.75) is 20.8 Å². The lowest BCUT2D eigenvalue weighted by molar-refractivity contribution is -0.149. The van der Waals surface area contributed by atoms with E-state index in [2.05, 4.69) is 13.0 Å². The Morgan fingerprint density at radius 1 is 1.31 bits per heavy atom. The first-order valence-electron chi connectivity index (χ1n) is 4.54. The Morgan fingerprint density at radius 3 is 2.31 bits per heavy atom. The van der Waals surface area contributed by atoms with Gasteiger partial charge in [0.2, 0.25) is 0 Å². The van der Waals surface area contributed by atoms with Crippen LogP contribution in [0.5, 0.6) is 0 Å². The van der Waals surface area contributed by atoms with Crippen LogP contribution in [0.25, 0.3) is 0 Å². The van der Waals surface area contributed by atoms with Crippen molar-refractivity contribution in [2.24, 2.45) is 17.3 Å². The fourth-order valence-electron chi connectivity index (χ4n) is 1.76. The highest BCUT2D eigenvalue weighted by Gasteiger charge is 2.37. The number of carboxylic acid groups (broad SMARTS) is 1. The van der Waals surface area contributed by atoms with Crippen molar-refractivity contribution in [3.05, 3.63) is 24.3 Å². The number of allylic oxidation sites excluding steroid dienone is 4. The molecule has 13 heavy (non-hydrogen) atoms. The van der Waals surface area contributed by atoms with Crippen molar-refractivity contribution in [1.29, 1.82) is 0 Å². The fraction of sp³-hybridized carbons (Fsp3) is 0.545. The van der Waals surface area contributed by atoms with Crippen LogP contribution < -0.4 is 0 Å². The number of hydrogen-bond donors (Lipinski definition) is 1. The second kappa shape index (κ2) is 3.36. The average molecular weight is 180 g/mol. The van der Waals surface area contributed by atoms with E-state index in [-0.39, 0.29) is 5.92 Å². The molecule has 0 heterocycles. The molecule has 1 N–H and O–H groups in total. The van der Waals surface area contributed by atoms with Gasteiger partial charge in [-0.25, -0.2) is 0 Å². The number of hydrogen-bond acceptors (Lipinski definition) is 1. The first-order valence-corrected chi connectivity index (χ1v) is 4.54. The molecule has 2 heteroatoms. The topological polar surface area (TPSA) is 37.3 Å². The van der Waals surface area contributed by atoms with E-state index in [1.807, 2.05) is 18.2 Å². The lowest BCUT2D eigenvalue weighted by atomic mass is 9.71. The molecule has 2 unspecified atom stereocenters. The maximum absolute atomic E-state index is 11.0. The van der Waals surface area contributed by atoms with E-state index >= 15 is 0 Å². The van der Waals surface area contributed by atoms with Crippen LogP contribution >= 0.6 is 0 Å². The summed E-state index contributed by atoms with van der Waals surface area (Å²) >= 11 is 0. The summed E-state index contributed by atoms with van der Waals surface area (Å²) in [4.78, 5) is 11.0. The Bertz CT molecular complexity index is 261. The van der Waals surface area contributed by atoms with E-state index in [9.17, 15) is 4.79 Å². The Kier molecular flexibility index (Phi) is 2.60. The maximum Gasteiger partial charge on any atom is 0.309 e. The molecule has 0 saturated heterocycles. The Hall–Kier alpha value is -1.05. The molecule has 0 aromatic rings. The van der Waals surface area contributed by atoms with Gasteiger partial charge >= 0.3 is 5.97 Å². The van der Waals surface area contributed by atoms with Gasteiger partial charge < -0.3 is 5.11 Å². The van der Waals surface area contributed by atoms with E-state index in [0.29, 0.717) is 5.92 Å². The molecule has 0 aliphatic heterocycles. The second-order valence-electron chi connectivity index (χ2n) is 4.18. The minimum Gasteiger partial charge on any atom is -0.481 e. The summed E-state index contributed by atoms with van der Waals surface area (Å²) in [6, 6.07) is 0. The van der Waals surface area contributed by atoms with Crippen LogP contribution in [0.2, 0.25) is 0 Å². The van der Waals surface area contributed by atoms with Gasteiger partial charge in [0.15, 0.2) is 0 Å². The molecular formula is C11H16O2. The van der Waals surface area contributed by atoms with Crippen LogP contribution in [0.1, 0.15) is 20.8 Å². The standard InChI is InChI=1S/C11H16O2/c1-8-6-4-5-7-9(8)11(2,3)10(12)13/h4-9H,1-3H3,(H,12,13). The minimum atomic E-state index is -0.732. The fourth-order valence-corrected chi connectivity index (χ4v) is 1.76. The molecule has 2 nitrogen and oxygen atoms in total. The quantitative estimate of drug-likeness (QED) is 0.708. The van der Waals surface area contributed by atoms with Gasteiger partial charge in [-0.3, -0.25) is 4.79 Å². The van der Waals surface area contributed by atoms with Crippen molar-refractivity contribution < 1.29 is 9.90 Å².